The largest absolute Gasteiger partial charge is 0.497 e. The molecule has 0 unspecified atom stereocenters. The van der Waals surface area contributed by atoms with Crippen molar-refractivity contribution in [2.75, 3.05) is 12.4 Å². The number of nitrogens with one attached hydrogen (secondary N) is 1. The molecule has 1 aromatic carbocycles. The molecule has 0 aliphatic heterocycles. The standard InChI is InChI=1S/C14H15ClN4O2/c1-21-10-4-5-11(15)12(7-10)18-8-9-3-2-6-17-13(9)14(16)19-20/h2-7,18,20H,8H2,1H3,(H2,16,19). The monoisotopic (exact) mass is 306 g/mol. The third-order valence-electron chi connectivity index (χ3n) is 2.88. The van der Waals surface area contributed by atoms with Gasteiger partial charge in [0, 0.05) is 24.4 Å². The summed E-state index contributed by atoms with van der Waals surface area (Å²) in [5.74, 6) is 0.661. The van der Waals surface area contributed by atoms with E-state index in [0.717, 1.165) is 11.3 Å². The first-order valence-corrected chi connectivity index (χ1v) is 6.52. The van der Waals surface area contributed by atoms with E-state index in [1.165, 1.54) is 0 Å². The van der Waals surface area contributed by atoms with Gasteiger partial charge in [0.1, 0.15) is 11.4 Å². The number of hydrogen-bond donors (Lipinski definition) is 3. The number of ether oxygens (including phenoxy) is 1. The van der Waals surface area contributed by atoms with Crippen molar-refractivity contribution >= 4 is 23.1 Å². The number of methoxy groups -OCH3 is 1. The van der Waals surface area contributed by atoms with Crippen LogP contribution in [0.2, 0.25) is 5.02 Å². The van der Waals surface area contributed by atoms with Gasteiger partial charge >= 0.3 is 0 Å². The molecule has 7 heteroatoms. The Balaban J connectivity index is 2.21. The fraction of sp³-hybridized carbons (Fsp3) is 0.143. The molecule has 0 saturated carbocycles. The summed E-state index contributed by atoms with van der Waals surface area (Å²) < 4.78 is 5.16. The first-order valence-electron chi connectivity index (χ1n) is 6.15. The third kappa shape index (κ3) is 3.55. The molecule has 0 radical (unpaired) electrons. The molecule has 0 bridgehead atoms. The minimum Gasteiger partial charge on any atom is -0.497 e. The fourth-order valence-corrected chi connectivity index (χ4v) is 2.00. The van der Waals surface area contributed by atoms with Gasteiger partial charge in [-0.2, -0.15) is 0 Å². The van der Waals surface area contributed by atoms with Crippen LogP contribution < -0.4 is 15.8 Å². The number of rotatable bonds is 5. The highest BCUT2D eigenvalue weighted by Gasteiger charge is 2.09. The second kappa shape index (κ2) is 6.81. The van der Waals surface area contributed by atoms with Crippen LogP contribution in [0.3, 0.4) is 0 Å². The molecule has 0 aliphatic carbocycles. The van der Waals surface area contributed by atoms with Crippen LogP contribution in [0.15, 0.2) is 41.7 Å². The maximum Gasteiger partial charge on any atom is 0.189 e. The molecule has 6 nitrogen and oxygen atoms in total. The van der Waals surface area contributed by atoms with Crippen LogP contribution in [-0.2, 0) is 6.54 Å². The minimum atomic E-state index is -0.0378. The van der Waals surface area contributed by atoms with Crippen LogP contribution in [0.5, 0.6) is 5.75 Å². The Hall–Kier alpha value is -2.47. The van der Waals surface area contributed by atoms with E-state index < -0.39 is 0 Å². The van der Waals surface area contributed by atoms with Gasteiger partial charge < -0.3 is 21.0 Å². The molecule has 0 atom stereocenters. The lowest BCUT2D eigenvalue weighted by Crippen LogP contribution is -2.18. The molecule has 110 valence electrons. The molecule has 1 heterocycles. The zero-order chi connectivity index (χ0) is 15.2. The van der Waals surface area contributed by atoms with Gasteiger partial charge in [-0.05, 0) is 18.2 Å². The maximum absolute atomic E-state index is 8.78. The quantitative estimate of drug-likeness (QED) is 0.341. The Bertz CT molecular complexity index is 661. The molecule has 0 amide bonds. The average molecular weight is 307 g/mol. The van der Waals surface area contributed by atoms with E-state index >= 15 is 0 Å². The number of aromatic nitrogens is 1. The van der Waals surface area contributed by atoms with Crippen molar-refractivity contribution in [1.29, 1.82) is 0 Å². The Morgan fingerprint density at radius 2 is 2.29 bits per heavy atom. The molecule has 0 saturated heterocycles. The lowest BCUT2D eigenvalue weighted by atomic mass is 10.1. The number of halogens is 1. The Morgan fingerprint density at radius 1 is 1.48 bits per heavy atom. The van der Waals surface area contributed by atoms with Gasteiger partial charge in [-0.1, -0.05) is 22.8 Å². The van der Waals surface area contributed by atoms with Gasteiger partial charge in [-0.25, -0.2) is 0 Å². The van der Waals surface area contributed by atoms with Crippen LogP contribution in [0, 0.1) is 0 Å². The molecule has 1 aromatic heterocycles. The van der Waals surface area contributed by atoms with Crippen molar-refractivity contribution in [3.8, 4) is 5.75 Å². The first-order chi connectivity index (χ1) is 10.2. The van der Waals surface area contributed by atoms with E-state index in [1.54, 1.807) is 37.6 Å². The second-order valence-corrected chi connectivity index (χ2v) is 4.60. The zero-order valence-corrected chi connectivity index (χ0v) is 12.1. The van der Waals surface area contributed by atoms with Gasteiger partial charge in [0.25, 0.3) is 0 Å². The van der Waals surface area contributed by atoms with E-state index in [0.29, 0.717) is 23.0 Å². The SMILES string of the molecule is COc1ccc(Cl)c(NCc2cccnc2C(N)=NO)c1. The number of nitrogens with two attached hydrogens (primary N) is 1. The summed E-state index contributed by atoms with van der Waals surface area (Å²) >= 11 is 6.13. The summed E-state index contributed by atoms with van der Waals surface area (Å²) in [4.78, 5) is 4.10. The predicted octanol–water partition coefficient (Wildman–Crippen LogP) is 2.45. The van der Waals surface area contributed by atoms with Gasteiger partial charge in [0.2, 0.25) is 0 Å². The summed E-state index contributed by atoms with van der Waals surface area (Å²) in [6.07, 6.45) is 1.58. The molecule has 2 rings (SSSR count). The van der Waals surface area contributed by atoms with Crippen LogP contribution >= 0.6 is 11.6 Å². The van der Waals surface area contributed by atoms with Crippen molar-refractivity contribution in [1.82, 2.24) is 4.98 Å². The van der Waals surface area contributed by atoms with Gasteiger partial charge in [0.05, 0.1) is 17.8 Å². The van der Waals surface area contributed by atoms with Crippen molar-refractivity contribution in [2.24, 2.45) is 10.9 Å². The highest BCUT2D eigenvalue weighted by Crippen LogP contribution is 2.27. The molecule has 4 N–H and O–H groups in total. The van der Waals surface area contributed by atoms with Crippen LogP contribution in [-0.4, -0.2) is 23.1 Å². The Morgan fingerprint density at radius 3 is 3.00 bits per heavy atom. The number of nitrogens with zero attached hydrogens (tertiary/aromatic N) is 2. The summed E-state index contributed by atoms with van der Waals surface area (Å²) in [6, 6.07) is 8.93. The highest BCUT2D eigenvalue weighted by atomic mass is 35.5. The summed E-state index contributed by atoms with van der Waals surface area (Å²) in [5.41, 5.74) is 7.54. The molecular formula is C14H15ClN4O2. The fourth-order valence-electron chi connectivity index (χ4n) is 1.82. The van der Waals surface area contributed by atoms with Crippen LogP contribution in [0.1, 0.15) is 11.3 Å². The third-order valence-corrected chi connectivity index (χ3v) is 3.21. The second-order valence-electron chi connectivity index (χ2n) is 4.20. The molecule has 2 aromatic rings. The molecule has 21 heavy (non-hydrogen) atoms. The lowest BCUT2D eigenvalue weighted by molar-refractivity contribution is 0.318. The number of pyridine rings is 1. The topological polar surface area (TPSA) is 92.8 Å². The van der Waals surface area contributed by atoms with Crippen molar-refractivity contribution in [3.05, 3.63) is 52.8 Å². The molecule has 0 spiro atoms. The number of hydrogen-bond acceptors (Lipinski definition) is 5. The van der Waals surface area contributed by atoms with Crippen LogP contribution in [0.4, 0.5) is 5.69 Å². The van der Waals surface area contributed by atoms with E-state index in [2.05, 4.69) is 15.5 Å². The van der Waals surface area contributed by atoms with Crippen molar-refractivity contribution in [2.45, 2.75) is 6.54 Å². The van der Waals surface area contributed by atoms with Gasteiger partial charge in [0.15, 0.2) is 5.84 Å². The minimum absolute atomic E-state index is 0.0378. The van der Waals surface area contributed by atoms with E-state index in [1.807, 2.05) is 6.07 Å². The zero-order valence-electron chi connectivity index (χ0n) is 11.4. The lowest BCUT2D eigenvalue weighted by Gasteiger charge is -2.12. The summed E-state index contributed by atoms with van der Waals surface area (Å²) in [5, 5.41) is 15.5. The number of amidine groups is 1. The maximum atomic E-state index is 8.78. The van der Waals surface area contributed by atoms with Crippen LogP contribution in [0.25, 0.3) is 0 Å². The normalized spacial score (nSPS) is 11.2. The number of benzene rings is 1. The van der Waals surface area contributed by atoms with E-state index in [4.69, 9.17) is 27.3 Å². The molecule has 0 fully saturated rings. The smallest absolute Gasteiger partial charge is 0.189 e. The van der Waals surface area contributed by atoms with Crippen molar-refractivity contribution < 1.29 is 9.94 Å². The predicted molar refractivity (Wildman–Crippen MR) is 82.1 cm³/mol. The van der Waals surface area contributed by atoms with E-state index in [-0.39, 0.29) is 5.84 Å². The van der Waals surface area contributed by atoms with E-state index in [9.17, 15) is 0 Å². The summed E-state index contributed by atoms with van der Waals surface area (Å²) in [6.45, 7) is 0.423. The molecule has 0 aliphatic rings. The Labute approximate surface area is 127 Å². The van der Waals surface area contributed by atoms with Crippen molar-refractivity contribution in [3.63, 3.8) is 0 Å². The summed E-state index contributed by atoms with van der Waals surface area (Å²) in [7, 11) is 1.59. The highest BCUT2D eigenvalue weighted by molar-refractivity contribution is 6.33. The number of anilines is 1. The number of oxime groups is 1. The molecular weight excluding hydrogens is 292 g/mol. The Kier molecular flexibility index (Phi) is 4.84. The van der Waals surface area contributed by atoms with Gasteiger partial charge in [-0.3, -0.25) is 4.98 Å². The first kappa shape index (κ1) is 14.9. The van der Waals surface area contributed by atoms with Gasteiger partial charge in [-0.15, -0.1) is 0 Å². The average Bonchev–Trinajstić information content (AvgIpc) is 2.53.